The number of benzene rings is 1. The first kappa shape index (κ1) is 28.6. The predicted octanol–water partition coefficient (Wildman–Crippen LogP) is 3.53. The zero-order valence-electron chi connectivity index (χ0n) is 23.0. The Balaban J connectivity index is 1.51. The predicted molar refractivity (Wildman–Crippen MR) is 149 cm³/mol. The van der Waals surface area contributed by atoms with Crippen LogP contribution in [-0.2, 0) is 4.74 Å². The summed E-state index contributed by atoms with van der Waals surface area (Å²) >= 11 is 0. The first-order chi connectivity index (χ1) is 19.6. The van der Waals surface area contributed by atoms with Gasteiger partial charge >= 0.3 is 0 Å². The molecule has 2 saturated heterocycles. The van der Waals surface area contributed by atoms with Gasteiger partial charge < -0.3 is 29.7 Å². The number of hydrogen-bond donors (Lipinski definition) is 2. The normalized spacial score (nSPS) is 20.0. The van der Waals surface area contributed by atoms with Crippen molar-refractivity contribution in [1.82, 2.24) is 19.9 Å². The van der Waals surface area contributed by atoms with E-state index in [1.54, 1.807) is 0 Å². The molecule has 0 spiro atoms. The fourth-order valence-corrected chi connectivity index (χ4v) is 5.09. The summed E-state index contributed by atoms with van der Waals surface area (Å²) in [6, 6.07) is 3.66. The topological polar surface area (TPSA) is 107 Å². The fraction of sp³-hybridized carbons (Fsp3) is 0.429. The van der Waals surface area contributed by atoms with Crippen LogP contribution in [0.2, 0.25) is 0 Å². The number of alkyl halides is 2. The number of aromatic nitrogens is 3. The van der Waals surface area contributed by atoms with E-state index in [0.717, 1.165) is 6.20 Å². The molecule has 0 radical (unpaired) electrons. The SMILES string of the molecule is C[C@@H]1CN(c2ncc(-c3cc(NC(=O)c4c[nH]c(=O)cc4C(F)F)c(N4CCN(C)[C@H](C)C4)cc3F)cn2)CCO1. The molecule has 1 amide bonds. The van der Waals surface area contributed by atoms with Crippen molar-refractivity contribution in [2.75, 3.05) is 61.5 Å². The van der Waals surface area contributed by atoms with Crippen LogP contribution in [0.25, 0.3) is 11.1 Å². The van der Waals surface area contributed by atoms with Crippen molar-refractivity contribution in [3.63, 3.8) is 0 Å². The third kappa shape index (κ3) is 6.20. The number of carbonyl (C=O) groups excluding carboxylic acids is 1. The summed E-state index contributed by atoms with van der Waals surface area (Å²) in [5.74, 6) is -0.901. The highest BCUT2D eigenvalue weighted by atomic mass is 19.3. The number of aromatic amines is 1. The molecule has 0 bridgehead atoms. The lowest BCUT2D eigenvalue weighted by molar-refractivity contribution is 0.0526. The Morgan fingerprint density at radius 1 is 1.10 bits per heavy atom. The number of ether oxygens (including phenoxy) is 1. The summed E-state index contributed by atoms with van der Waals surface area (Å²) in [7, 11) is 2.00. The monoisotopic (exact) mass is 571 g/mol. The number of nitrogens with one attached hydrogen (secondary N) is 2. The van der Waals surface area contributed by atoms with Crippen molar-refractivity contribution in [3.05, 3.63) is 64.1 Å². The van der Waals surface area contributed by atoms with Gasteiger partial charge in [0.05, 0.1) is 29.6 Å². The van der Waals surface area contributed by atoms with Crippen LogP contribution >= 0.6 is 0 Å². The highest BCUT2D eigenvalue weighted by Gasteiger charge is 2.27. The lowest BCUT2D eigenvalue weighted by Crippen LogP contribution is -2.50. The molecule has 2 aromatic heterocycles. The Bertz CT molecular complexity index is 1470. The van der Waals surface area contributed by atoms with Gasteiger partial charge in [-0.25, -0.2) is 23.1 Å². The van der Waals surface area contributed by atoms with Crippen LogP contribution in [0.3, 0.4) is 0 Å². The zero-order valence-corrected chi connectivity index (χ0v) is 23.0. The number of carbonyl (C=O) groups is 1. The number of hydrogen-bond acceptors (Lipinski definition) is 8. The Hall–Kier alpha value is -3.97. The van der Waals surface area contributed by atoms with Gasteiger partial charge in [0.25, 0.3) is 12.3 Å². The molecule has 2 aliphatic rings. The second kappa shape index (κ2) is 11.9. The van der Waals surface area contributed by atoms with Gasteiger partial charge in [0.2, 0.25) is 11.5 Å². The summed E-state index contributed by atoms with van der Waals surface area (Å²) in [5.41, 5.74) is -0.631. The van der Waals surface area contributed by atoms with E-state index < -0.39 is 29.3 Å². The molecule has 0 aliphatic carbocycles. The number of amides is 1. The Kier molecular flexibility index (Phi) is 8.27. The number of likely N-dealkylation sites (N-methyl/N-ethyl adjacent to an activating group) is 1. The fourth-order valence-electron chi connectivity index (χ4n) is 5.09. The van der Waals surface area contributed by atoms with E-state index in [-0.39, 0.29) is 29.0 Å². The second-order valence-corrected chi connectivity index (χ2v) is 10.4. The molecule has 10 nitrogen and oxygen atoms in total. The molecule has 5 rings (SSSR count). The number of rotatable bonds is 6. The number of morpholine rings is 1. The number of anilines is 3. The number of halogens is 3. The molecule has 13 heteroatoms. The van der Waals surface area contributed by atoms with Gasteiger partial charge in [-0.15, -0.1) is 0 Å². The summed E-state index contributed by atoms with van der Waals surface area (Å²) < 4.78 is 48.6. The minimum absolute atomic E-state index is 0.0357. The molecule has 1 aromatic carbocycles. The highest BCUT2D eigenvalue weighted by Crippen LogP contribution is 2.36. The van der Waals surface area contributed by atoms with E-state index in [9.17, 15) is 18.4 Å². The second-order valence-electron chi connectivity index (χ2n) is 10.4. The van der Waals surface area contributed by atoms with E-state index >= 15 is 4.39 Å². The van der Waals surface area contributed by atoms with Gasteiger partial charge in [0.15, 0.2) is 0 Å². The van der Waals surface area contributed by atoms with Crippen molar-refractivity contribution in [2.24, 2.45) is 0 Å². The van der Waals surface area contributed by atoms with Crippen molar-refractivity contribution >= 4 is 23.2 Å². The maximum atomic E-state index is 15.7. The van der Waals surface area contributed by atoms with Gasteiger partial charge in [-0.1, -0.05) is 0 Å². The average molecular weight is 572 g/mol. The number of nitrogens with zero attached hydrogens (tertiary/aromatic N) is 5. The Morgan fingerprint density at radius 2 is 1.85 bits per heavy atom. The molecule has 4 heterocycles. The van der Waals surface area contributed by atoms with Crippen LogP contribution in [0.4, 0.5) is 30.5 Å². The number of pyridine rings is 1. The van der Waals surface area contributed by atoms with Crippen LogP contribution < -0.4 is 20.7 Å². The molecule has 3 aromatic rings. The largest absolute Gasteiger partial charge is 0.375 e. The molecule has 41 heavy (non-hydrogen) atoms. The molecule has 2 atom stereocenters. The summed E-state index contributed by atoms with van der Waals surface area (Å²) in [6.07, 6.45) is 0.987. The van der Waals surface area contributed by atoms with Gasteiger partial charge in [-0.05, 0) is 33.0 Å². The van der Waals surface area contributed by atoms with E-state index in [1.165, 1.54) is 24.5 Å². The number of H-pyrrole nitrogens is 1. The van der Waals surface area contributed by atoms with E-state index in [0.29, 0.717) is 62.6 Å². The van der Waals surface area contributed by atoms with Crippen LogP contribution in [0.15, 0.2) is 41.6 Å². The Morgan fingerprint density at radius 3 is 2.54 bits per heavy atom. The van der Waals surface area contributed by atoms with E-state index in [1.807, 2.05) is 30.7 Å². The lowest BCUT2D eigenvalue weighted by atomic mass is 10.0. The maximum absolute atomic E-state index is 15.7. The average Bonchev–Trinajstić information content (AvgIpc) is 2.95. The minimum atomic E-state index is -3.04. The van der Waals surface area contributed by atoms with Crippen molar-refractivity contribution in [2.45, 2.75) is 32.4 Å². The van der Waals surface area contributed by atoms with Gasteiger partial charge in [-0.3, -0.25) is 9.59 Å². The third-order valence-electron chi connectivity index (χ3n) is 7.54. The molecule has 2 N–H and O–H groups in total. The van der Waals surface area contributed by atoms with Crippen LogP contribution in [0.1, 0.15) is 36.2 Å². The van der Waals surface area contributed by atoms with Gasteiger partial charge in [0, 0.05) is 80.1 Å². The first-order valence-corrected chi connectivity index (χ1v) is 13.4. The van der Waals surface area contributed by atoms with Crippen molar-refractivity contribution in [3.8, 4) is 11.1 Å². The van der Waals surface area contributed by atoms with Gasteiger partial charge in [-0.2, -0.15) is 0 Å². The molecular weight excluding hydrogens is 539 g/mol. The zero-order chi connectivity index (χ0) is 29.3. The summed E-state index contributed by atoms with van der Waals surface area (Å²) in [6.45, 7) is 7.67. The molecule has 0 saturated carbocycles. The smallest absolute Gasteiger partial charge is 0.264 e. The quantitative estimate of drug-likeness (QED) is 0.463. The van der Waals surface area contributed by atoms with Crippen LogP contribution in [-0.4, -0.2) is 84.3 Å². The van der Waals surface area contributed by atoms with Crippen molar-refractivity contribution in [1.29, 1.82) is 0 Å². The minimum Gasteiger partial charge on any atom is -0.375 e. The molecule has 2 fully saturated rings. The molecular formula is C28H32F3N7O3. The standard InChI is InChI=1S/C28H32F3N7O3/c1-16-14-37(5-4-36(16)3)24-10-22(29)19(18-11-33-28(34-12-18)38-6-7-41-17(2)15-38)8-23(24)35-27(40)21-13-32-25(39)9-20(21)26(30)31/h8-13,16-17,26H,4-7,14-15H2,1-3H3,(H,32,39)(H,35,40)/t16-,17-/m1/s1. The first-order valence-electron chi connectivity index (χ1n) is 13.4. The third-order valence-corrected chi connectivity index (χ3v) is 7.54. The van der Waals surface area contributed by atoms with Crippen molar-refractivity contribution < 1.29 is 22.7 Å². The van der Waals surface area contributed by atoms with Crippen LogP contribution in [0, 0.1) is 5.82 Å². The van der Waals surface area contributed by atoms with Gasteiger partial charge in [0.1, 0.15) is 5.82 Å². The summed E-state index contributed by atoms with van der Waals surface area (Å²) in [5, 5.41) is 2.69. The molecule has 218 valence electrons. The summed E-state index contributed by atoms with van der Waals surface area (Å²) in [4.78, 5) is 42.1. The maximum Gasteiger partial charge on any atom is 0.264 e. The lowest BCUT2D eigenvalue weighted by Gasteiger charge is -2.39. The van der Waals surface area contributed by atoms with E-state index in [4.69, 9.17) is 4.74 Å². The van der Waals surface area contributed by atoms with E-state index in [2.05, 4.69) is 25.2 Å². The van der Waals surface area contributed by atoms with Crippen LogP contribution in [0.5, 0.6) is 0 Å². The number of piperazine rings is 1. The Labute approximate surface area is 235 Å². The highest BCUT2D eigenvalue weighted by molar-refractivity contribution is 6.07. The molecule has 2 aliphatic heterocycles. The molecule has 0 unspecified atom stereocenters.